The average molecular weight is 517 g/mol. The molecule has 3 fully saturated rings. The van der Waals surface area contributed by atoms with E-state index in [0.717, 1.165) is 11.1 Å². The molecule has 3 heterocycles. The van der Waals surface area contributed by atoms with Gasteiger partial charge in [-0.25, -0.2) is 0 Å². The maximum atomic E-state index is 6.55. The fraction of sp³-hybridized carbons (Fsp3) is 0.571. The van der Waals surface area contributed by atoms with Gasteiger partial charge < -0.3 is 42.6 Å². The summed E-state index contributed by atoms with van der Waals surface area (Å²) in [5, 5.41) is 0. The van der Waals surface area contributed by atoms with Crippen LogP contribution in [0.5, 0.6) is 0 Å². The summed E-state index contributed by atoms with van der Waals surface area (Å²) in [6.45, 7) is 4.35. The average Bonchev–Trinajstić information content (AvgIpc) is 2.96. The Balaban J connectivity index is 1.37. The van der Waals surface area contributed by atoms with Gasteiger partial charge in [0.25, 0.3) is 0 Å². The van der Waals surface area contributed by atoms with Crippen LogP contribution < -0.4 is 0 Å². The molecule has 0 radical (unpaired) electrons. The second-order valence-electron chi connectivity index (χ2n) is 9.01. The molecule has 9 nitrogen and oxygen atoms in total. The second kappa shape index (κ2) is 14.3. The van der Waals surface area contributed by atoms with E-state index in [9.17, 15) is 0 Å². The minimum absolute atomic E-state index is 0.347. The summed E-state index contributed by atoms with van der Waals surface area (Å²) in [6, 6.07) is 19.8. The Morgan fingerprint density at radius 1 is 0.432 bits per heavy atom. The van der Waals surface area contributed by atoms with Crippen molar-refractivity contribution < 1.29 is 42.6 Å². The first-order valence-electron chi connectivity index (χ1n) is 13.0. The van der Waals surface area contributed by atoms with Crippen LogP contribution in [0.15, 0.2) is 60.7 Å². The number of hydrogen-bond acceptors (Lipinski definition) is 9. The van der Waals surface area contributed by atoms with Gasteiger partial charge in [0, 0.05) is 11.1 Å². The summed E-state index contributed by atoms with van der Waals surface area (Å²) < 4.78 is 54.6. The first-order valence-corrected chi connectivity index (χ1v) is 13.0. The Bertz CT molecular complexity index is 826. The molecule has 2 aromatic rings. The van der Waals surface area contributed by atoms with Crippen molar-refractivity contribution in [1.29, 1.82) is 0 Å². The van der Waals surface area contributed by atoms with Gasteiger partial charge in [-0.3, -0.25) is 0 Å². The van der Waals surface area contributed by atoms with Crippen LogP contribution in [0.1, 0.15) is 23.7 Å². The van der Waals surface area contributed by atoms with Crippen molar-refractivity contribution in [1.82, 2.24) is 0 Å². The van der Waals surface area contributed by atoms with Gasteiger partial charge in [0.15, 0.2) is 12.6 Å². The molecule has 3 aliphatic rings. The zero-order valence-corrected chi connectivity index (χ0v) is 21.0. The fourth-order valence-electron chi connectivity index (χ4n) is 4.59. The molecule has 0 N–H and O–H groups in total. The molecule has 37 heavy (non-hydrogen) atoms. The van der Waals surface area contributed by atoms with Gasteiger partial charge in [0.2, 0.25) is 0 Å². The van der Waals surface area contributed by atoms with Gasteiger partial charge >= 0.3 is 0 Å². The van der Waals surface area contributed by atoms with Crippen LogP contribution >= 0.6 is 0 Å². The summed E-state index contributed by atoms with van der Waals surface area (Å²) in [4.78, 5) is 0. The predicted octanol–water partition coefficient (Wildman–Crippen LogP) is 3.05. The first kappa shape index (κ1) is 26.7. The van der Waals surface area contributed by atoms with E-state index in [1.807, 2.05) is 60.7 Å². The highest BCUT2D eigenvalue weighted by molar-refractivity contribution is 5.18. The smallest absolute Gasteiger partial charge is 0.184 e. The van der Waals surface area contributed by atoms with Crippen LogP contribution in [0.2, 0.25) is 0 Å². The SMILES string of the molecule is c1ccc([C@@H]2OC[C@H]3OCCOCCOCCOCCO[C@@H]4CO[C@@H](c5ccccc5)O[C@H]4[C@@H]3O2)cc1. The van der Waals surface area contributed by atoms with Crippen molar-refractivity contribution >= 4 is 0 Å². The molecule has 0 amide bonds. The number of ether oxygens (including phenoxy) is 9. The topological polar surface area (TPSA) is 83.1 Å². The Morgan fingerprint density at radius 2 is 0.811 bits per heavy atom. The number of rotatable bonds is 2. The molecule has 0 spiro atoms. The molecular formula is C28H36O9. The zero-order chi connectivity index (χ0) is 25.1. The Labute approximate surface area is 217 Å². The van der Waals surface area contributed by atoms with Crippen molar-refractivity contribution in [3.8, 4) is 0 Å². The second-order valence-corrected chi connectivity index (χ2v) is 9.01. The lowest BCUT2D eigenvalue weighted by molar-refractivity contribution is -0.340. The Hall–Kier alpha value is -1.92. The third-order valence-corrected chi connectivity index (χ3v) is 6.45. The zero-order valence-electron chi connectivity index (χ0n) is 21.0. The van der Waals surface area contributed by atoms with Crippen molar-refractivity contribution in [3.63, 3.8) is 0 Å². The molecule has 3 aliphatic heterocycles. The number of hydrogen-bond donors (Lipinski definition) is 0. The van der Waals surface area contributed by atoms with E-state index in [4.69, 9.17) is 42.6 Å². The Kier molecular flexibility index (Phi) is 10.3. The largest absolute Gasteiger partial charge is 0.377 e. The molecule has 0 saturated carbocycles. The minimum Gasteiger partial charge on any atom is -0.377 e. The summed E-state index contributed by atoms with van der Waals surface area (Å²) in [7, 11) is 0. The third kappa shape index (κ3) is 7.57. The fourth-order valence-corrected chi connectivity index (χ4v) is 4.59. The minimum atomic E-state index is -0.542. The van der Waals surface area contributed by atoms with E-state index in [1.165, 1.54) is 0 Å². The van der Waals surface area contributed by atoms with Crippen LogP contribution in [0, 0.1) is 0 Å². The molecule has 2 aromatic carbocycles. The Morgan fingerprint density at radius 3 is 1.22 bits per heavy atom. The quantitative estimate of drug-likeness (QED) is 0.598. The molecule has 9 heteroatoms. The van der Waals surface area contributed by atoms with Gasteiger partial charge in [-0.05, 0) is 0 Å². The third-order valence-electron chi connectivity index (χ3n) is 6.45. The maximum absolute atomic E-state index is 6.55. The first-order chi connectivity index (χ1) is 18.4. The molecule has 6 atom stereocenters. The summed E-state index contributed by atoms with van der Waals surface area (Å²) in [6.07, 6.45) is -2.76. The van der Waals surface area contributed by atoms with Crippen molar-refractivity contribution in [2.75, 3.05) is 66.1 Å². The van der Waals surface area contributed by atoms with E-state index >= 15 is 0 Å². The molecule has 0 aliphatic carbocycles. The molecule has 202 valence electrons. The molecule has 0 aromatic heterocycles. The lowest BCUT2D eigenvalue weighted by atomic mass is 10.00. The molecular weight excluding hydrogens is 480 g/mol. The van der Waals surface area contributed by atoms with Crippen LogP contribution in [-0.4, -0.2) is 90.5 Å². The van der Waals surface area contributed by atoms with Gasteiger partial charge in [-0.2, -0.15) is 0 Å². The summed E-state index contributed by atoms with van der Waals surface area (Å²) >= 11 is 0. The van der Waals surface area contributed by atoms with Crippen LogP contribution in [0.3, 0.4) is 0 Å². The summed E-state index contributed by atoms with van der Waals surface area (Å²) in [5.41, 5.74) is 1.87. The lowest BCUT2D eigenvalue weighted by Crippen LogP contribution is -2.57. The van der Waals surface area contributed by atoms with E-state index in [2.05, 4.69) is 0 Å². The van der Waals surface area contributed by atoms with E-state index in [-0.39, 0.29) is 12.2 Å². The normalized spacial score (nSPS) is 33.0. The monoisotopic (exact) mass is 516 g/mol. The summed E-state index contributed by atoms with van der Waals surface area (Å²) in [5.74, 6) is 0. The van der Waals surface area contributed by atoms with Crippen LogP contribution in [0.25, 0.3) is 0 Å². The highest BCUT2D eigenvalue weighted by atomic mass is 16.7. The van der Waals surface area contributed by atoms with Gasteiger partial charge in [0.1, 0.15) is 24.4 Å². The molecule has 5 rings (SSSR count). The van der Waals surface area contributed by atoms with Crippen molar-refractivity contribution in [2.45, 2.75) is 37.0 Å². The highest BCUT2D eigenvalue weighted by Crippen LogP contribution is 2.36. The van der Waals surface area contributed by atoms with Crippen LogP contribution in [0.4, 0.5) is 0 Å². The maximum Gasteiger partial charge on any atom is 0.184 e. The van der Waals surface area contributed by atoms with E-state index < -0.39 is 24.8 Å². The highest BCUT2D eigenvalue weighted by Gasteiger charge is 2.46. The molecule has 0 unspecified atom stereocenters. The van der Waals surface area contributed by atoms with Gasteiger partial charge in [-0.15, -0.1) is 0 Å². The van der Waals surface area contributed by atoms with Crippen LogP contribution in [-0.2, 0) is 42.6 Å². The van der Waals surface area contributed by atoms with Gasteiger partial charge in [-0.1, -0.05) is 60.7 Å². The van der Waals surface area contributed by atoms with Crippen molar-refractivity contribution in [2.24, 2.45) is 0 Å². The lowest BCUT2D eigenvalue weighted by Gasteiger charge is -2.45. The van der Waals surface area contributed by atoms with Crippen molar-refractivity contribution in [3.05, 3.63) is 71.8 Å². The number of fused-ring (bicyclic) bond motifs is 3. The predicted molar refractivity (Wildman–Crippen MR) is 132 cm³/mol. The van der Waals surface area contributed by atoms with E-state index in [0.29, 0.717) is 66.1 Å². The van der Waals surface area contributed by atoms with Gasteiger partial charge in [0.05, 0.1) is 66.1 Å². The number of benzene rings is 2. The standard InChI is InChI=1S/C28H36O9/c1-3-7-21(8-4-1)27-34-19-23-25(36-27)26-24(20-35-28(37-26)22-9-5-2-6-10-22)33-18-16-31-14-12-29-11-13-30-15-17-32-23/h1-10,23-28H,11-20H2/t23-,24-,25-,26-,27-,28-/m1/s1. The molecule has 3 saturated heterocycles. The molecule has 0 bridgehead atoms. The van der Waals surface area contributed by atoms with E-state index in [1.54, 1.807) is 0 Å².